The number of ether oxygens (including phenoxy) is 1. The largest absolute Gasteiger partial charge is 0.487 e. The van der Waals surface area contributed by atoms with Crippen molar-refractivity contribution in [3.63, 3.8) is 0 Å². The Morgan fingerprint density at radius 2 is 1.87 bits per heavy atom. The maximum atomic E-state index is 6.24. The molecule has 1 aliphatic rings. The van der Waals surface area contributed by atoms with E-state index in [1.807, 2.05) is 18.2 Å². The summed E-state index contributed by atoms with van der Waals surface area (Å²) in [6, 6.07) is 14.6. The molecule has 0 saturated carbocycles. The standard InChI is InChI=1S/C21H27NO/c1-3-16-10-11-17-12-20(22)21(13-19(17)18(16)4-2)23-14-15-8-6-5-7-9-15/h5-9,12-13,16,18H,3-4,10-11,14,22H2,1-2H3. The van der Waals surface area contributed by atoms with Gasteiger partial charge < -0.3 is 10.5 Å². The second kappa shape index (κ2) is 7.08. The number of aryl methyl sites for hydroxylation is 1. The molecule has 0 bridgehead atoms. The molecule has 0 radical (unpaired) electrons. The molecule has 0 aromatic heterocycles. The first kappa shape index (κ1) is 15.9. The first-order valence-corrected chi connectivity index (χ1v) is 8.81. The summed E-state index contributed by atoms with van der Waals surface area (Å²) in [5, 5.41) is 0. The number of benzene rings is 2. The Morgan fingerprint density at radius 1 is 1.09 bits per heavy atom. The Balaban J connectivity index is 1.85. The summed E-state index contributed by atoms with van der Waals surface area (Å²) in [5.41, 5.74) is 11.1. The summed E-state index contributed by atoms with van der Waals surface area (Å²) in [6.07, 6.45) is 4.87. The molecule has 0 spiro atoms. The molecule has 2 atom stereocenters. The molecule has 2 aromatic carbocycles. The molecule has 0 fully saturated rings. The highest BCUT2D eigenvalue weighted by molar-refractivity contribution is 5.58. The van der Waals surface area contributed by atoms with Crippen molar-refractivity contribution in [3.05, 3.63) is 59.2 Å². The smallest absolute Gasteiger partial charge is 0.142 e. The zero-order chi connectivity index (χ0) is 16.2. The van der Waals surface area contributed by atoms with Gasteiger partial charge in [0.05, 0.1) is 5.69 Å². The van der Waals surface area contributed by atoms with Crippen LogP contribution in [0, 0.1) is 5.92 Å². The SMILES string of the molecule is CCC1CCc2cc(N)c(OCc3ccccc3)cc2C1CC. The predicted octanol–water partition coefficient (Wildman–Crippen LogP) is 5.31. The lowest BCUT2D eigenvalue weighted by atomic mass is 9.72. The lowest BCUT2D eigenvalue weighted by Crippen LogP contribution is -2.20. The van der Waals surface area contributed by atoms with Gasteiger partial charge in [0.15, 0.2) is 0 Å². The van der Waals surface area contributed by atoms with Gasteiger partial charge in [-0.15, -0.1) is 0 Å². The summed E-state index contributed by atoms with van der Waals surface area (Å²) >= 11 is 0. The van der Waals surface area contributed by atoms with Gasteiger partial charge >= 0.3 is 0 Å². The monoisotopic (exact) mass is 309 g/mol. The number of nitrogen functional groups attached to an aromatic ring is 1. The normalized spacial score (nSPS) is 20.1. The van der Waals surface area contributed by atoms with Crippen molar-refractivity contribution in [2.45, 2.75) is 52.1 Å². The molecular formula is C21H27NO. The highest BCUT2D eigenvalue weighted by atomic mass is 16.5. The van der Waals surface area contributed by atoms with Crippen molar-refractivity contribution in [2.75, 3.05) is 5.73 Å². The zero-order valence-electron chi connectivity index (χ0n) is 14.2. The Kier molecular flexibility index (Phi) is 4.90. The fraction of sp³-hybridized carbons (Fsp3) is 0.429. The van der Waals surface area contributed by atoms with Crippen LogP contribution < -0.4 is 10.5 Å². The van der Waals surface area contributed by atoms with Gasteiger partial charge in [-0.25, -0.2) is 0 Å². The minimum Gasteiger partial charge on any atom is -0.487 e. The number of hydrogen-bond donors (Lipinski definition) is 1. The predicted molar refractivity (Wildman–Crippen MR) is 96.8 cm³/mol. The van der Waals surface area contributed by atoms with Crippen molar-refractivity contribution in [3.8, 4) is 5.75 Å². The van der Waals surface area contributed by atoms with E-state index in [0.29, 0.717) is 12.5 Å². The molecule has 23 heavy (non-hydrogen) atoms. The second-order valence-electron chi connectivity index (χ2n) is 6.58. The third kappa shape index (κ3) is 3.36. The molecule has 2 N–H and O–H groups in total. The summed E-state index contributed by atoms with van der Waals surface area (Å²) in [6.45, 7) is 5.17. The number of nitrogens with two attached hydrogens (primary N) is 1. The molecule has 0 heterocycles. The van der Waals surface area contributed by atoms with E-state index in [1.54, 1.807) is 0 Å². The number of hydrogen-bond acceptors (Lipinski definition) is 2. The van der Waals surface area contributed by atoms with Crippen LogP contribution in [0.5, 0.6) is 5.75 Å². The van der Waals surface area contributed by atoms with Crippen molar-refractivity contribution in [1.29, 1.82) is 0 Å². The number of fused-ring (bicyclic) bond motifs is 1. The van der Waals surface area contributed by atoms with E-state index >= 15 is 0 Å². The van der Waals surface area contributed by atoms with Crippen LogP contribution in [0.4, 0.5) is 5.69 Å². The van der Waals surface area contributed by atoms with Crippen molar-refractivity contribution >= 4 is 5.69 Å². The summed E-state index contributed by atoms with van der Waals surface area (Å²) in [7, 11) is 0. The van der Waals surface area contributed by atoms with Gasteiger partial charge in [0.1, 0.15) is 12.4 Å². The Morgan fingerprint density at radius 3 is 2.57 bits per heavy atom. The summed E-state index contributed by atoms with van der Waals surface area (Å²) in [5.74, 6) is 2.27. The van der Waals surface area contributed by atoms with Gasteiger partial charge in [-0.1, -0.05) is 50.6 Å². The molecule has 2 nitrogen and oxygen atoms in total. The maximum absolute atomic E-state index is 6.24. The number of rotatable bonds is 5. The van der Waals surface area contributed by atoms with Crippen molar-refractivity contribution in [2.24, 2.45) is 5.92 Å². The molecule has 0 aliphatic heterocycles. The van der Waals surface area contributed by atoms with Crippen molar-refractivity contribution < 1.29 is 4.74 Å². The van der Waals surface area contributed by atoms with E-state index in [9.17, 15) is 0 Å². The van der Waals surface area contributed by atoms with Gasteiger partial charge in [0.2, 0.25) is 0 Å². The average molecular weight is 309 g/mol. The summed E-state index contributed by atoms with van der Waals surface area (Å²) < 4.78 is 6.03. The van der Waals surface area contributed by atoms with E-state index < -0.39 is 0 Å². The summed E-state index contributed by atoms with van der Waals surface area (Å²) in [4.78, 5) is 0. The van der Waals surface area contributed by atoms with Crippen LogP contribution in [0.15, 0.2) is 42.5 Å². The molecule has 2 unspecified atom stereocenters. The average Bonchev–Trinajstić information content (AvgIpc) is 2.59. The van der Waals surface area contributed by atoms with Gasteiger partial charge in [-0.2, -0.15) is 0 Å². The second-order valence-corrected chi connectivity index (χ2v) is 6.58. The first-order valence-electron chi connectivity index (χ1n) is 8.81. The number of anilines is 1. The fourth-order valence-corrected chi connectivity index (χ4v) is 3.92. The van der Waals surface area contributed by atoms with E-state index in [-0.39, 0.29) is 0 Å². The van der Waals surface area contributed by atoms with Crippen LogP contribution in [0.2, 0.25) is 0 Å². The third-order valence-corrected chi connectivity index (χ3v) is 5.23. The topological polar surface area (TPSA) is 35.2 Å². The molecule has 3 rings (SSSR count). The van der Waals surface area contributed by atoms with Gasteiger partial charge in [0.25, 0.3) is 0 Å². The lowest BCUT2D eigenvalue weighted by molar-refractivity contribution is 0.304. The molecule has 0 saturated heterocycles. The molecule has 122 valence electrons. The van der Waals surface area contributed by atoms with Crippen LogP contribution in [-0.2, 0) is 13.0 Å². The Hall–Kier alpha value is -1.96. The van der Waals surface area contributed by atoms with Crippen LogP contribution >= 0.6 is 0 Å². The minimum atomic E-state index is 0.567. The maximum Gasteiger partial charge on any atom is 0.142 e. The molecule has 1 aliphatic carbocycles. The fourth-order valence-electron chi connectivity index (χ4n) is 3.92. The highest BCUT2D eigenvalue weighted by Crippen LogP contribution is 2.43. The van der Waals surface area contributed by atoms with E-state index in [1.165, 1.54) is 36.0 Å². The molecular weight excluding hydrogens is 282 g/mol. The van der Waals surface area contributed by atoms with E-state index in [4.69, 9.17) is 10.5 Å². The lowest BCUT2D eigenvalue weighted by Gasteiger charge is -2.33. The van der Waals surface area contributed by atoms with Gasteiger partial charge in [-0.3, -0.25) is 0 Å². The van der Waals surface area contributed by atoms with Gasteiger partial charge in [-0.05, 0) is 59.9 Å². The molecule has 0 amide bonds. The quantitative estimate of drug-likeness (QED) is 0.759. The van der Waals surface area contributed by atoms with Gasteiger partial charge in [0, 0.05) is 0 Å². The minimum absolute atomic E-state index is 0.567. The molecule has 2 aromatic rings. The molecule has 2 heteroatoms. The Bertz CT molecular complexity index is 650. The highest BCUT2D eigenvalue weighted by Gasteiger charge is 2.28. The van der Waals surface area contributed by atoms with Crippen LogP contribution in [-0.4, -0.2) is 0 Å². The van der Waals surface area contributed by atoms with Crippen LogP contribution in [0.3, 0.4) is 0 Å². The van der Waals surface area contributed by atoms with Crippen molar-refractivity contribution in [1.82, 2.24) is 0 Å². The zero-order valence-corrected chi connectivity index (χ0v) is 14.2. The third-order valence-electron chi connectivity index (χ3n) is 5.23. The first-order chi connectivity index (χ1) is 11.2. The Labute approximate surface area is 139 Å². The van der Waals surface area contributed by atoms with Crippen LogP contribution in [0.1, 0.15) is 55.7 Å². The van der Waals surface area contributed by atoms with E-state index in [2.05, 4.69) is 38.1 Å². The van der Waals surface area contributed by atoms with E-state index in [0.717, 1.165) is 23.8 Å². The van der Waals surface area contributed by atoms with Crippen LogP contribution in [0.25, 0.3) is 0 Å².